The number of carbonyl (C=O) groups excluding carboxylic acids is 1. The van der Waals surface area contributed by atoms with E-state index in [9.17, 15) is 13.2 Å². The van der Waals surface area contributed by atoms with E-state index in [1.165, 1.54) is 4.31 Å². The molecule has 2 aromatic carbocycles. The maximum atomic E-state index is 12.7. The highest BCUT2D eigenvalue weighted by Gasteiger charge is 2.32. The van der Waals surface area contributed by atoms with Crippen molar-refractivity contribution in [2.75, 3.05) is 13.1 Å². The van der Waals surface area contributed by atoms with Gasteiger partial charge in [0.15, 0.2) is 0 Å². The van der Waals surface area contributed by atoms with E-state index in [2.05, 4.69) is 5.10 Å². The summed E-state index contributed by atoms with van der Waals surface area (Å²) < 4.78 is 34.0. The Labute approximate surface area is 175 Å². The van der Waals surface area contributed by atoms with Gasteiger partial charge in [-0.1, -0.05) is 36.4 Å². The van der Waals surface area contributed by atoms with Crippen molar-refractivity contribution in [2.24, 2.45) is 5.92 Å². The number of benzene rings is 2. The van der Waals surface area contributed by atoms with Gasteiger partial charge in [-0.05, 0) is 43.2 Å². The second-order valence-electron chi connectivity index (χ2n) is 7.19. The number of piperidine rings is 1. The van der Waals surface area contributed by atoms with Crippen LogP contribution in [-0.2, 0) is 26.2 Å². The highest BCUT2D eigenvalue weighted by atomic mass is 32.2. The number of hydrogen-bond acceptors (Lipinski definition) is 5. The van der Waals surface area contributed by atoms with Crippen LogP contribution >= 0.6 is 0 Å². The average molecular weight is 426 g/mol. The monoisotopic (exact) mass is 425 g/mol. The number of aromatic nitrogens is 2. The Morgan fingerprint density at radius 2 is 1.60 bits per heavy atom. The average Bonchev–Trinajstić information content (AvgIpc) is 3.28. The Balaban J connectivity index is 1.29. The number of sulfonamides is 1. The molecule has 8 heteroatoms. The zero-order valence-corrected chi connectivity index (χ0v) is 17.2. The van der Waals surface area contributed by atoms with Gasteiger partial charge in [-0.15, -0.1) is 0 Å². The number of hydrogen-bond donors (Lipinski definition) is 0. The minimum atomic E-state index is -3.52. The molecule has 0 radical (unpaired) electrons. The second-order valence-corrected chi connectivity index (χ2v) is 9.12. The summed E-state index contributed by atoms with van der Waals surface area (Å²) in [6.07, 6.45) is 2.72. The molecular formula is C22H23N3O4S. The van der Waals surface area contributed by atoms with E-state index in [0.717, 1.165) is 5.69 Å². The largest absolute Gasteiger partial charge is 0.459 e. The molecule has 3 aromatic rings. The zero-order chi connectivity index (χ0) is 21.0. The molecule has 0 saturated carbocycles. The van der Waals surface area contributed by atoms with E-state index < -0.39 is 10.0 Å². The lowest BCUT2D eigenvalue weighted by Crippen LogP contribution is -2.40. The summed E-state index contributed by atoms with van der Waals surface area (Å²) in [5, 5.41) is 4.43. The van der Waals surface area contributed by atoms with Crippen molar-refractivity contribution in [2.45, 2.75) is 24.3 Å². The molecule has 0 N–H and O–H groups in total. The Hall–Kier alpha value is -2.97. The van der Waals surface area contributed by atoms with E-state index >= 15 is 0 Å². The third-order valence-electron chi connectivity index (χ3n) is 5.20. The molecule has 2 heterocycles. The molecule has 1 aliphatic heterocycles. The van der Waals surface area contributed by atoms with Crippen molar-refractivity contribution >= 4 is 16.0 Å². The molecule has 1 fully saturated rings. The number of ether oxygens (including phenoxy) is 1. The summed E-state index contributed by atoms with van der Waals surface area (Å²) in [4.78, 5) is 12.7. The van der Waals surface area contributed by atoms with Crippen LogP contribution < -0.4 is 0 Å². The molecule has 7 nitrogen and oxygen atoms in total. The molecule has 0 spiro atoms. The molecule has 1 aromatic heterocycles. The highest BCUT2D eigenvalue weighted by molar-refractivity contribution is 7.89. The first kappa shape index (κ1) is 20.3. The van der Waals surface area contributed by atoms with Crippen LogP contribution in [0, 0.1) is 5.92 Å². The Kier molecular flexibility index (Phi) is 5.96. The molecule has 0 amide bonds. The SMILES string of the molecule is O=C(OCc1ccn(-c2ccccc2)n1)C1CCN(S(=O)(=O)c2ccccc2)CC1. The van der Waals surface area contributed by atoms with Crippen LogP contribution in [0.5, 0.6) is 0 Å². The van der Waals surface area contributed by atoms with Crippen molar-refractivity contribution in [3.8, 4) is 5.69 Å². The maximum Gasteiger partial charge on any atom is 0.309 e. The minimum Gasteiger partial charge on any atom is -0.459 e. The molecule has 0 bridgehead atoms. The summed E-state index contributed by atoms with van der Waals surface area (Å²) in [6, 6.07) is 19.9. The second kappa shape index (κ2) is 8.81. The lowest BCUT2D eigenvalue weighted by molar-refractivity contribution is -0.151. The fraction of sp³-hybridized carbons (Fsp3) is 0.273. The third kappa shape index (κ3) is 4.44. The molecule has 0 unspecified atom stereocenters. The first-order valence-corrected chi connectivity index (χ1v) is 11.3. The van der Waals surface area contributed by atoms with E-state index in [1.54, 1.807) is 35.0 Å². The molecule has 0 atom stereocenters. The highest BCUT2D eigenvalue weighted by Crippen LogP contribution is 2.24. The van der Waals surface area contributed by atoms with Crippen molar-refractivity contribution in [1.82, 2.24) is 14.1 Å². The Bertz CT molecular complexity index is 1090. The molecule has 156 valence electrons. The van der Waals surface area contributed by atoms with Crippen LogP contribution in [0.1, 0.15) is 18.5 Å². The Morgan fingerprint density at radius 3 is 2.27 bits per heavy atom. The number of esters is 1. The predicted octanol–water partition coefficient (Wildman–Crippen LogP) is 3.02. The van der Waals surface area contributed by atoms with Gasteiger partial charge in [0, 0.05) is 19.3 Å². The predicted molar refractivity (Wildman–Crippen MR) is 111 cm³/mol. The van der Waals surface area contributed by atoms with E-state index in [0.29, 0.717) is 31.6 Å². The van der Waals surface area contributed by atoms with Crippen LogP contribution in [0.3, 0.4) is 0 Å². The summed E-state index contributed by atoms with van der Waals surface area (Å²) in [5.41, 5.74) is 1.60. The van der Waals surface area contributed by atoms with Crippen LogP contribution in [0.2, 0.25) is 0 Å². The van der Waals surface area contributed by atoms with Crippen molar-refractivity contribution < 1.29 is 17.9 Å². The molecule has 0 aliphatic carbocycles. The summed E-state index contributed by atoms with van der Waals surface area (Å²) in [5.74, 6) is -0.607. The fourth-order valence-corrected chi connectivity index (χ4v) is 4.99. The smallest absolute Gasteiger partial charge is 0.309 e. The number of rotatable bonds is 6. The van der Waals surface area contributed by atoms with Crippen LogP contribution in [0.15, 0.2) is 77.8 Å². The van der Waals surface area contributed by atoms with Gasteiger partial charge in [0.25, 0.3) is 0 Å². The minimum absolute atomic E-state index is 0.0984. The van der Waals surface area contributed by atoms with Gasteiger partial charge in [0.05, 0.1) is 16.5 Å². The van der Waals surface area contributed by atoms with Gasteiger partial charge in [-0.25, -0.2) is 13.1 Å². The Morgan fingerprint density at radius 1 is 0.967 bits per heavy atom. The van der Waals surface area contributed by atoms with Gasteiger partial charge in [0.2, 0.25) is 10.0 Å². The summed E-state index contributed by atoms with van der Waals surface area (Å²) in [7, 11) is -3.52. The van der Waals surface area contributed by atoms with Gasteiger partial charge in [0.1, 0.15) is 12.3 Å². The number of carbonyl (C=O) groups is 1. The maximum absolute atomic E-state index is 12.7. The third-order valence-corrected chi connectivity index (χ3v) is 7.11. The fourth-order valence-electron chi connectivity index (χ4n) is 3.50. The van der Waals surface area contributed by atoms with Crippen molar-refractivity contribution in [3.63, 3.8) is 0 Å². The quantitative estimate of drug-likeness (QED) is 0.567. The van der Waals surface area contributed by atoms with E-state index in [4.69, 9.17) is 4.74 Å². The molecule has 4 rings (SSSR count). The lowest BCUT2D eigenvalue weighted by Gasteiger charge is -2.30. The lowest BCUT2D eigenvalue weighted by atomic mass is 9.98. The van der Waals surface area contributed by atoms with Crippen LogP contribution in [0.25, 0.3) is 5.69 Å². The van der Waals surface area contributed by atoms with Crippen LogP contribution in [0.4, 0.5) is 0 Å². The van der Waals surface area contributed by atoms with Gasteiger partial charge in [-0.3, -0.25) is 4.79 Å². The van der Waals surface area contributed by atoms with Crippen LogP contribution in [-0.4, -0.2) is 41.6 Å². The first-order valence-electron chi connectivity index (χ1n) is 9.86. The van der Waals surface area contributed by atoms with Gasteiger partial charge in [-0.2, -0.15) is 9.40 Å². The van der Waals surface area contributed by atoms with E-state index in [1.807, 2.05) is 42.6 Å². The van der Waals surface area contributed by atoms with Gasteiger partial charge < -0.3 is 4.74 Å². The summed E-state index contributed by atoms with van der Waals surface area (Å²) >= 11 is 0. The number of nitrogens with zero attached hydrogens (tertiary/aromatic N) is 3. The molecule has 1 saturated heterocycles. The van der Waals surface area contributed by atoms with Crippen molar-refractivity contribution in [1.29, 1.82) is 0 Å². The number of para-hydroxylation sites is 1. The van der Waals surface area contributed by atoms with E-state index in [-0.39, 0.29) is 23.4 Å². The van der Waals surface area contributed by atoms with Crippen molar-refractivity contribution in [3.05, 3.63) is 78.6 Å². The molecule has 1 aliphatic rings. The molecular weight excluding hydrogens is 402 g/mol. The normalized spacial score (nSPS) is 15.7. The first-order chi connectivity index (χ1) is 14.5. The molecule has 30 heavy (non-hydrogen) atoms. The summed E-state index contributed by atoms with van der Waals surface area (Å²) in [6.45, 7) is 0.709. The standard InChI is InChI=1S/C22H23N3O4S/c26-22(29-17-19-13-16-25(23-19)20-7-3-1-4-8-20)18-11-14-24(15-12-18)30(27,28)21-9-5-2-6-10-21/h1-10,13,16,18H,11-12,14-15,17H2. The zero-order valence-electron chi connectivity index (χ0n) is 16.4. The van der Waals surface area contributed by atoms with Gasteiger partial charge >= 0.3 is 5.97 Å². The topological polar surface area (TPSA) is 81.5 Å².